The highest BCUT2D eigenvalue weighted by atomic mass is 15.1. The van der Waals surface area contributed by atoms with Crippen LogP contribution in [0.3, 0.4) is 0 Å². The van der Waals surface area contributed by atoms with Crippen molar-refractivity contribution >= 4 is 17.1 Å². The number of hydrogen-bond donors (Lipinski definition) is 0. The molecule has 0 fully saturated rings. The van der Waals surface area contributed by atoms with Crippen LogP contribution in [0.15, 0.2) is 72.8 Å². The lowest BCUT2D eigenvalue weighted by Crippen LogP contribution is -2.10. The summed E-state index contributed by atoms with van der Waals surface area (Å²) in [5, 5.41) is 0. The molecular weight excluding hydrogens is 350 g/mol. The van der Waals surface area contributed by atoms with Crippen molar-refractivity contribution < 1.29 is 0 Å². The zero-order valence-electron chi connectivity index (χ0n) is 18.3. The van der Waals surface area contributed by atoms with E-state index in [2.05, 4.69) is 98.5 Å². The Bertz CT molecular complexity index is 799. The van der Waals surface area contributed by atoms with E-state index in [1.54, 1.807) is 0 Å². The van der Waals surface area contributed by atoms with E-state index < -0.39 is 0 Å². The number of benzene rings is 3. The van der Waals surface area contributed by atoms with Gasteiger partial charge in [-0.3, -0.25) is 0 Å². The summed E-state index contributed by atoms with van der Waals surface area (Å²) in [4.78, 5) is 2.34. The highest BCUT2D eigenvalue weighted by Gasteiger charge is 2.12. The fourth-order valence-electron chi connectivity index (χ4n) is 3.76. The molecule has 1 nitrogen and oxygen atoms in total. The van der Waals surface area contributed by atoms with Crippen molar-refractivity contribution in [3.63, 3.8) is 0 Å². The van der Waals surface area contributed by atoms with Crippen LogP contribution in [0.2, 0.25) is 0 Å². The molecular formula is C28H35N. The molecule has 0 spiro atoms. The Hall–Kier alpha value is -2.54. The fourth-order valence-corrected chi connectivity index (χ4v) is 3.76. The molecule has 152 valence electrons. The molecule has 0 N–H and O–H groups in total. The summed E-state index contributed by atoms with van der Waals surface area (Å²) in [6, 6.07) is 26.7. The van der Waals surface area contributed by atoms with Gasteiger partial charge in [0, 0.05) is 17.1 Å². The van der Waals surface area contributed by atoms with Crippen LogP contribution in [0.1, 0.15) is 62.1 Å². The maximum absolute atomic E-state index is 2.34. The quantitative estimate of drug-likeness (QED) is 0.315. The molecule has 3 rings (SSSR count). The van der Waals surface area contributed by atoms with Crippen molar-refractivity contribution in [1.82, 2.24) is 0 Å². The lowest BCUT2D eigenvalue weighted by Gasteiger charge is -2.26. The van der Waals surface area contributed by atoms with Crippen LogP contribution in [-0.4, -0.2) is 0 Å². The maximum Gasteiger partial charge on any atom is 0.0461 e. The molecule has 0 amide bonds. The standard InChI is InChI=1S/C28H35N/c1-4-5-6-7-8-9-10-25-15-21-28(22-16-25)29(26-17-11-23(2)12-18-26)27-19-13-24(3)14-20-27/h11-22H,4-10H2,1-3H3. The first-order valence-corrected chi connectivity index (χ1v) is 11.2. The Balaban J connectivity index is 1.74. The van der Waals surface area contributed by atoms with Gasteiger partial charge >= 0.3 is 0 Å². The minimum Gasteiger partial charge on any atom is -0.311 e. The van der Waals surface area contributed by atoms with Crippen LogP contribution < -0.4 is 4.90 Å². The van der Waals surface area contributed by atoms with Gasteiger partial charge in [-0.15, -0.1) is 0 Å². The Morgan fingerprint density at radius 1 is 0.517 bits per heavy atom. The molecule has 0 aliphatic carbocycles. The van der Waals surface area contributed by atoms with Crippen LogP contribution in [0, 0.1) is 13.8 Å². The SMILES string of the molecule is CCCCCCCCc1ccc(N(c2ccc(C)cc2)c2ccc(C)cc2)cc1. The van der Waals surface area contributed by atoms with Crippen molar-refractivity contribution in [3.8, 4) is 0 Å². The van der Waals surface area contributed by atoms with E-state index in [1.807, 2.05) is 0 Å². The largest absolute Gasteiger partial charge is 0.311 e. The predicted molar refractivity (Wildman–Crippen MR) is 128 cm³/mol. The highest BCUT2D eigenvalue weighted by molar-refractivity contribution is 5.76. The number of unbranched alkanes of at least 4 members (excludes halogenated alkanes) is 5. The third kappa shape index (κ3) is 6.22. The molecule has 0 atom stereocenters. The summed E-state index contributed by atoms with van der Waals surface area (Å²) in [7, 11) is 0. The number of anilines is 3. The number of hydrogen-bond acceptors (Lipinski definition) is 1. The predicted octanol–water partition coefficient (Wildman–Crippen LogP) is 8.68. The molecule has 1 heteroatoms. The van der Waals surface area contributed by atoms with Gasteiger partial charge in [0.25, 0.3) is 0 Å². The molecule has 3 aromatic rings. The van der Waals surface area contributed by atoms with Crippen LogP contribution in [0.5, 0.6) is 0 Å². The molecule has 0 radical (unpaired) electrons. The van der Waals surface area contributed by atoms with Gasteiger partial charge in [0.15, 0.2) is 0 Å². The summed E-state index contributed by atoms with van der Waals surface area (Å²) >= 11 is 0. The van der Waals surface area contributed by atoms with Crippen LogP contribution in [-0.2, 0) is 6.42 Å². The third-order valence-corrected chi connectivity index (χ3v) is 5.60. The Labute approximate surface area is 177 Å². The van der Waals surface area contributed by atoms with Gasteiger partial charge in [-0.2, -0.15) is 0 Å². The molecule has 0 saturated carbocycles. The molecule has 0 bridgehead atoms. The van der Waals surface area contributed by atoms with Crippen LogP contribution in [0.4, 0.5) is 17.1 Å². The molecule has 0 saturated heterocycles. The smallest absolute Gasteiger partial charge is 0.0461 e. The minimum atomic E-state index is 1.18. The van der Waals surface area contributed by atoms with Gasteiger partial charge in [-0.1, -0.05) is 86.6 Å². The Morgan fingerprint density at radius 3 is 1.41 bits per heavy atom. The average molecular weight is 386 g/mol. The van der Waals surface area contributed by atoms with Gasteiger partial charge in [0.05, 0.1) is 0 Å². The zero-order valence-corrected chi connectivity index (χ0v) is 18.3. The van der Waals surface area contributed by atoms with Gasteiger partial charge < -0.3 is 4.90 Å². The topological polar surface area (TPSA) is 3.24 Å². The maximum atomic E-state index is 2.34. The van der Waals surface area contributed by atoms with Gasteiger partial charge in [0.1, 0.15) is 0 Å². The van der Waals surface area contributed by atoms with E-state index in [4.69, 9.17) is 0 Å². The summed E-state index contributed by atoms with van der Waals surface area (Å²) in [6.07, 6.45) is 9.28. The van der Waals surface area contributed by atoms with Crippen molar-refractivity contribution in [1.29, 1.82) is 0 Å². The van der Waals surface area contributed by atoms with E-state index in [0.717, 1.165) is 0 Å². The lowest BCUT2D eigenvalue weighted by molar-refractivity contribution is 0.607. The normalized spacial score (nSPS) is 10.9. The first-order chi connectivity index (χ1) is 14.2. The minimum absolute atomic E-state index is 1.18. The van der Waals surface area contributed by atoms with Gasteiger partial charge in [-0.05, 0) is 68.7 Å². The second-order valence-corrected chi connectivity index (χ2v) is 8.19. The van der Waals surface area contributed by atoms with Gasteiger partial charge in [-0.25, -0.2) is 0 Å². The number of aryl methyl sites for hydroxylation is 3. The second kappa shape index (κ2) is 10.9. The third-order valence-electron chi connectivity index (χ3n) is 5.60. The van der Waals surface area contributed by atoms with Crippen LogP contribution in [0.25, 0.3) is 0 Å². The molecule has 0 aliphatic rings. The lowest BCUT2D eigenvalue weighted by atomic mass is 10.0. The molecule has 29 heavy (non-hydrogen) atoms. The average Bonchev–Trinajstić information content (AvgIpc) is 2.74. The zero-order chi connectivity index (χ0) is 20.5. The summed E-state index contributed by atoms with van der Waals surface area (Å²) in [5.41, 5.74) is 7.62. The summed E-state index contributed by atoms with van der Waals surface area (Å²) < 4.78 is 0. The summed E-state index contributed by atoms with van der Waals surface area (Å²) in [5.74, 6) is 0. The first-order valence-electron chi connectivity index (χ1n) is 11.2. The van der Waals surface area contributed by atoms with Crippen molar-refractivity contribution in [3.05, 3.63) is 89.5 Å². The monoisotopic (exact) mass is 385 g/mol. The van der Waals surface area contributed by atoms with Crippen LogP contribution >= 0.6 is 0 Å². The van der Waals surface area contributed by atoms with Crippen molar-refractivity contribution in [2.75, 3.05) is 4.90 Å². The Kier molecular flexibility index (Phi) is 7.93. The van der Waals surface area contributed by atoms with E-state index in [-0.39, 0.29) is 0 Å². The van der Waals surface area contributed by atoms with Gasteiger partial charge in [0.2, 0.25) is 0 Å². The summed E-state index contributed by atoms with van der Waals surface area (Å²) in [6.45, 7) is 6.55. The highest BCUT2D eigenvalue weighted by Crippen LogP contribution is 2.34. The van der Waals surface area contributed by atoms with E-state index in [1.165, 1.54) is 78.7 Å². The Morgan fingerprint density at radius 2 is 0.931 bits per heavy atom. The van der Waals surface area contributed by atoms with Crippen molar-refractivity contribution in [2.24, 2.45) is 0 Å². The second-order valence-electron chi connectivity index (χ2n) is 8.19. The first kappa shape index (κ1) is 21.2. The molecule has 0 heterocycles. The molecule has 0 unspecified atom stereocenters. The van der Waals surface area contributed by atoms with Crippen molar-refractivity contribution in [2.45, 2.75) is 65.7 Å². The van der Waals surface area contributed by atoms with E-state index in [9.17, 15) is 0 Å². The van der Waals surface area contributed by atoms with E-state index in [0.29, 0.717) is 0 Å². The van der Waals surface area contributed by atoms with E-state index >= 15 is 0 Å². The number of nitrogens with zero attached hydrogens (tertiary/aromatic N) is 1. The molecule has 0 aromatic heterocycles. The fraction of sp³-hybridized carbons (Fsp3) is 0.357. The molecule has 3 aromatic carbocycles. The molecule has 0 aliphatic heterocycles. The number of rotatable bonds is 10.